The lowest BCUT2D eigenvalue weighted by molar-refractivity contribution is 0.471. The lowest BCUT2D eigenvalue weighted by Crippen LogP contribution is -1.93. The van der Waals surface area contributed by atoms with Gasteiger partial charge < -0.3 is 9.67 Å². The van der Waals surface area contributed by atoms with E-state index in [0.717, 1.165) is 28.0 Å². The largest absolute Gasteiger partial charge is 0.508 e. The van der Waals surface area contributed by atoms with Crippen LogP contribution < -0.4 is 0 Å². The van der Waals surface area contributed by atoms with Gasteiger partial charge in [-0.3, -0.25) is 0 Å². The van der Waals surface area contributed by atoms with Crippen LogP contribution in [0.2, 0.25) is 0 Å². The molecule has 0 aliphatic rings. The average Bonchev–Trinajstić information content (AvgIpc) is 2.70. The molecule has 3 nitrogen and oxygen atoms in total. The zero-order valence-corrected chi connectivity index (χ0v) is 10.7. The van der Waals surface area contributed by atoms with Gasteiger partial charge in [0.1, 0.15) is 17.4 Å². The molecule has 1 aromatic heterocycles. The Hall–Kier alpha value is -2.36. The van der Waals surface area contributed by atoms with E-state index in [4.69, 9.17) is 0 Å². The molecule has 1 heterocycles. The maximum atomic E-state index is 13.3. The van der Waals surface area contributed by atoms with Gasteiger partial charge in [-0.15, -0.1) is 0 Å². The number of benzene rings is 2. The second kappa shape index (κ2) is 4.09. The first-order chi connectivity index (χ1) is 9.06. The first-order valence-electron chi connectivity index (χ1n) is 5.98. The van der Waals surface area contributed by atoms with Crippen molar-refractivity contribution in [3.05, 3.63) is 47.8 Å². The molecule has 3 rings (SSSR count). The van der Waals surface area contributed by atoms with Crippen LogP contribution in [-0.2, 0) is 7.05 Å². The predicted octanol–water partition coefficient (Wildman–Crippen LogP) is 3.39. The topological polar surface area (TPSA) is 38.0 Å². The summed E-state index contributed by atoms with van der Waals surface area (Å²) in [5, 5.41) is 9.56. The summed E-state index contributed by atoms with van der Waals surface area (Å²) in [4.78, 5) is 4.51. The highest BCUT2D eigenvalue weighted by molar-refractivity contribution is 5.80. The highest BCUT2D eigenvalue weighted by Gasteiger charge is 2.11. The summed E-state index contributed by atoms with van der Waals surface area (Å²) in [6.45, 7) is 1.83. The Morgan fingerprint density at radius 2 is 1.95 bits per heavy atom. The van der Waals surface area contributed by atoms with E-state index in [9.17, 15) is 9.50 Å². The Bertz CT molecular complexity index is 777. The average molecular weight is 256 g/mol. The van der Waals surface area contributed by atoms with Crippen molar-refractivity contribution < 1.29 is 9.50 Å². The molecular formula is C15H13FN2O. The van der Waals surface area contributed by atoms with Crippen LogP contribution in [0.3, 0.4) is 0 Å². The summed E-state index contributed by atoms with van der Waals surface area (Å²) in [6, 6.07) is 9.86. The predicted molar refractivity (Wildman–Crippen MR) is 72.5 cm³/mol. The molecule has 96 valence electrons. The molecule has 0 fully saturated rings. The third-order valence-corrected chi connectivity index (χ3v) is 3.30. The molecule has 0 amide bonds. The molecule has 0 aliphatic heterocycles. The molecule has 0 unspecified atom stereocenters. The molecule has 0 saturated carbocycles. The van der Waals surface area contributed by atoms with Crippen molar-refractivity contribution >= 4 is 11.0 Å². The molecule has 0 atom stereocenters. The normalized spacial score (nSPS) is 11.1. The Kier molecular flexibility index (Phi) is 2.52. The molecule has 3 aromatic rings. The van der Waals surface area contributed by atoms with Gasteiger partial charge in [-0.2, -0.15) is 0 Å². The van der Waals surface area contributed by atoms with Gasteiger partial charge in [-0.25, -0.2) is 9.37 Å². The smallest absolute Gasteiger partial charge is 0.140 e. The fraction of sp³-hybridized carbons (Fsp3) is 0.133. The van der Waals surface area contributed by atoms with Crippen molar-refractivity contribution in [1.29, 1.82) is 0 Å². The highest BCUT2D eigenvalue weighted by atomic mass is 19.1. The number of aryl methyl sites for hydroxylation is 2. The second-order valence-electron chi connectivity index (χ2n) is 4.63. The molecule has 2 aromatic carbocycles. The summed E-state index contributed by atoms with van der Waals surface area (Å²) >= 11 is 0. The van der Waals surface area contributed by atoms with Crippen LogP contribution in [0.15, 0.2) is 36.4 Å². The van der Waals surface area contributed by atoms with Crippen molar-refractivity contribution in [1.82, 2.24) is 9.55 Å². The second-order valence-corrected chi connectivity index (χ2v) is 4.63. The molecule has 0 bridgehead atoms. The van der Waals surface area contributed by atoms with E-state index >= 15 is 0 Å². The summed E-state index contributed by atoms with van der Waals surface area (Å²) in [6.07, 6.45) is 0. The van der Waals surface area contributed by atoms with Crippen LogP contribution >= 0.6 is 0 Å². The van der Waals surface area contributed by atoms with E-state index in [0.29, 0.717) is 0 Å². The Balaban J connectivity index is 2.24. The Morgan fingerprint density at radius 1 is 1.16 bits per heavy atom. The van der Waals surface area contributed by atoms with Crippen LogP contribution in [0.1, 0.15) is 5.56 Å². The van der Waals surface area contributed by atoms with Gasteiger partial charge in [0.05, 0.1) is 11.0 Å². The zero-order chi connectivity index (χ0) is 13.6. The quantitative estimate of drug-likeness (QED) is 0.724. The number of hydrogen-bond donors (Lipinski definition) is 1. The monoisotopic (exact) mass is 256 g/mol. The van der Waals surface area contributed by atoms with Gasteiger partial charge in [-0.05, 0) is 48.9 Å². The van der Waals surface area contributed by atoms with Gasteiger partial charge in [0.15, 0.2) is 0 Å². The first-order valence-corrected chi connectivity index (χ1v) is 5.98. The van der Waals surface area contributed by atoms with Crippen LogP contribution in [-0.4, -0.2) is 14.7 Å². The SMILES string of the molecule is Cc1cc(-c2nc3ccc(F)cc3n2C)ccc1O. The molecule has 1 N–H and O–H groups in total. The van der Waals surface area contributed by atoms with E-state index in [1.54, 1.807) is 18.2 Å². The van der Waals surface area contributed by atoms with Gasteiger partial charge >= 0.3 is 0 Å². The van der Waals surface area contributed by atoms with Crippen molar-refractivity contribution in [3.8, 4) is 17.1 Å². The van der Waals surface area contributed by atoms with Gasteiger partial charge in [0.2, 0.25) is 0 Å². The van der Waals surface area contributed by atoms with E-state index in [1.165, 1.54) is 12.1 Å². The number of phenolic OH excluding ortho intramolecular Hbond substituents is 1. The lowest BCUT2D eigenvalue weighted by Gasteiger charge is -2.05. The number of nitrogens with zero attached hydrogens (tertiary/aromatic N) is 2. The lowest BCUT2D eigenvalue weighted by atomic mass is 10.1. The molecule has 0 aliphatic carbocycles. The molecule has 19 heavy (non-hydrogen) atoms. The van der Waals surface area contributed by atoms with Gasteiger partial charge in [0, 0.05) is 12.6 Å². The molecule has 0 saturated heterocycles. The number of rotatable bonds is 1. The van der Waals surface area contributed by atoms with E-state index in [1.807, 2.05) is 24.6 Å². The molecule has 4 heteroatoms. The highest BCUT2D eigenvalue weighted by Crippen LogP contribution is 2.27. The fourth-order valence-corrected chi connectivity index (χ4v) is 2.22. The van der Waals surface area contributed by atoms with Gasteiger partial charge in [0.25, 0.3) is 0 Å². The van der Waals surface area contributed by atoms with Crippen molar-refractivity contribution in [2.45, 2.75) is 6.92 Å². The number of aromatic nitrogens is 2. The minimum Gasteiger partial charge on any atom is -0.508 e. The van der Waals surface area contributed by atoms with E-state index in [2.05, 4.69) is 4.98 Å². The van der Waals surface area contributed by atoms with E-state index in [-0.39, 0.29) is 11.6 Å². The number of halogens is 1. The standard InChI is InChI=1S/C15H13FN2O/c1-9-7-10(3-6-14(9)19)15-17-12-5-4-11(16)8-13(12)18(15)2/h3-8,19H,1-2H3. The minimum atomic E-state index is -0.274. The summed E-state index contributed by atoms with van der Waals surface area (Å²) in [5.74, 6) is 0.737. The minimum absolute atomic E-state index is 0.258. The Morgan fingerprint density at radius 3 is 2.68 bits per heavy atom. The Labute approximate surface area is 109 Å². The molecular weight excluding hydrogens is 243 g/mol. The third-order valence-electron chi connectivity index (χ3n) is 3.30. The van der Waals surface area contributed by atoms with Crippen LogP contribution in [0, 0.1) is 12.7 Å². The number of phenols is 1. The number of fused-ring (bicyclic) bond motifs is 1. The maximum absolute atomic E-state index is 13.3. The van der Waals surface area contributed by atoms with Crippen LogP contribution in [0.25, 0.3) is 22.4 Å². The summed E-state index contributed by atoms with van der Waals surface area (Å²) in [7, 11) is 1.85. The summed E-state index contributed by atoms with van der Waals surface area (Å²) in [5.41, 5.74) is 3.19. The number of imidazole rings is 1. The fourth-order valence-electron chi connectivity index (χ4n) is 2.22. The van der Waals surface area contributed by atoms with Crippen molar-refractivity contribution in [2.24, 2.45) is 7.05 Å². The molecule has 0 spiro atoms. The molecule has 0 radical (unpaired) electrons. The summed E-state index contributed by atoms with van der Waals surface area (Å²) < 4.78 is 15.1. The maximum Gasteiger partial charge on any atom is 0.140 e. The van der Waals surface area contributed by atoms with Gasteiger partial charge in [-0.1, -0.05) is 0 Å². The first kappa shape index (κ1) is 11.7. The van der Waals surface area contributed by atoms with Crippen LogP contribution in [0.4, 0.5) is 4.39 Å². The zero-order valence-electron chi connectivity index (χ0n) is 10.7. The number of aromatic hydroxyl groups is 1. The van der Waals surface area contributed by atoms with Crippen LogP contribution in [0.5, 0.6) is 5.75 Å². The number of hydrogen-bond acceptors (Lipinski definition) is 2. The van der Waals surface area contributed by atoms with Crippen molar-refractivity contribution in [3.63, 3.8) is 0 Å². The van der Waals surface area contributed by atoms with E-state index < -0.39 is 0 Å². The third kappa shape index (κ3) is 1.85. The van der Waals surface area contributed by atoms with Crippen molar-refractivity contribution in [2.75, 3.05) is 0 Å².